The van der Waals surface area contributed by atoms with Gasteiger partial charge in [0, 0.05) is 43.6 Å². The van der Waals surface area contributed by atoms with Crippen LogP contribution in [0.4, 0.5) is 0 Å². The monoisotopic (exact) mass is 802 g/mol. The number of unbranched alkanes of at least 4 members (excludes halogenated alkanes) is 2. The molecule has 11 heteroatoms. The van der Waals surface area contributed by atoms with Gasteiger partial charge in [-0.1, -0.05) is 36.2 Å². The number of allylic oxidation sites excluding steroid dienone is 1. The highest BCUT2D eigenvalue weighted by Crippen LogP contribution is 2.62. The number of aliphatic hydroxyl groups excluding tert-OH is 3. The van der Waals surface area contributed by atoms with Crippen LogP contribution >= 0.6 is 0 Å². The molecule has 4 aliphatic rings. The van der Waals surface area contributed by atoms with E-state index in [-0.39, 0.29) is 75.8 Å². The van der Waals surface area contributed by atoms with Crippen molar-refractivity contribution in [1.29, 1.82) is 0 Å². The number of hydrogen-bond donors (Lipinski definition) is 3. The largest absolute Gasteiger partial charge is 0.459 e. The lowest BCUT2D eigenvalue weighted by molar-refractivity contribution is -0.258. The minimum atomic E-state index is -1.35. The maximum Gasteiger partial charge on any atom is 0.239 e. The molecule has 58 heavy (non-hydrogen) atoms. The van der Waals surface area contributed by atoms with Gasteiger partial charge in [-0.25, -0.2) is 0 Å². The van der Waals surface area contributed by atoms with Gasteiger partial charge in [-0.05, 0) is 132 Å². The molecule has 6 rings (SSSR count). The Hall–Kier alpha value is -3.74. The molecule has 2 aromatic carbocycles. The number of aryl methyl sites for hydroxylation is 2. The number of nitrogens with zero attached hydrogens (tertiary/aromatic N) is 2. The lowest BCUT2D eigenvalue weighted by Gasteiger charge is -2.60. The Bertz CT molecular complexity index is 1780. The Labute approximate surface area is 345 Å². The number of carbonyl (C=O) groups is 1. The smallest absolute Gasteiger partial charge is 0.239 e. The van der Waals surface area contributed by atoms with Crippen LogP contribution in [0.5, 0.6) is 17.2 Å². The maximum atomic E-state index is 14.5. The second kappa shape index (κ2) is 19.5. The summed E-state index contributed by atoms with van der Waals surface area (Å²) in [5, 5.41) is 34.3. The standard InChI is InChI=1S/C47H66N2O9/c1-7-24-55-47-42(49(20-25-54-26-23-52)45(53)33-15-16-33)30-40(48-58-46(4,5)6)38-28-34(12-8-10-21-50)37(13-9-11-22-51)43(44(38)47)39-29-36(18-19-41(39)57-47)56-35-17-14-31(2)32(3)27-35/h7,14,17-19,27-29,33-34,37,42-44,50-52H,1,8-13,15-16,20-26,30H2,2-6H3/t34-,37+,42-,43+,44+,47+/m0/s1. The molecule has 0 unspecified atom stereocenters. The predicted octanol–water partition coefficient (Wildman–Crippen LogP) is 7.78. The van der Waals surface area contributed by atoms with Crippen molar-refractivity contribution in [3.63, 3.8) is 0 Å². The van der Waals surface area contributed by atoms with Gasteiger partial charge in [-0.2, -0.15) is 0 Å². The van der Waals surface area contributed by atoms with Crippen molar-refractivity contribution in [2.45, 2.75) is 116 Å². The average molecular weight is 803 g/mol. The summed E-state index contributed by atoms with van der Waals surface area (Å²) < 4.78 is 26.8. The van der Waals surface area contributed by atoms with E-state index in [1.54, 1.807) is 6.08 Å². The number of hydrogen-bond acceptors (Lipinski definition) is 10. The first kappa shape index (κ1) is 43.8. The zero-order valence-electron chi connectivity index (χ0n) is 35.3. The van der Waals surface area contributed by atoms with Crippen LogP contribution in [0.3, 0.4) is 0 Å². The van der Waals surface area contributed by atoms with E-state index in [2.05, 4.69) is 44.7 Å². The van der Waals surface area contributed by atoms with Gasteiger partial charge in [-0.3, -0.25) is 4.79 Å². The number of amides is 1. The third-order valence-corrected chi connectivity index (χ3v) is 12.1. The first-order chi connectivity index (χ1) is 27.9. The van der Waals surface area contributed by atoms with Crippen molar-refractivity contribution in [1.82, 2.24) is 4.90 Å². The lowest BCUT2D eigenvalue weighted by Crippen LogP contribution is -2.70. The number of ether oxygens (including phenoxy) is 4. The number of benzene rings is 2. The second-order valence-electron chi connectivity index (χ2n) is 17.5. The Morgan fingerprint density at radius 3 is 2.36 bits per heavy atom. The third kappa shape index (κ3) is 9.99. The highest BCUT2D eigenvalue weighted by Gasteiger charge is 2.66. The average Bonchev–Trinajstić information content (AvgIpc) is 4.05. The van der Waals surface area contributed by atoms with Gasteiger partial charge in [0.2, 0.25) is 11.7 Å². The Kier molecular flexibility index (Phi) is 14.8. The minimum absolute atomic E-state index is 0.0305. The maximum absolute atomic E-state index is 14.5. The topological polar surface area (TPSA) is 140 Å². The zero-order valence-corrected chi connectivity index (χ0v) is 35.3. The van der Waals surface area contributed by atoms with Gasteiger partial charge in [0.05, 0.1) is 38.1 Å². The van der Waals surface area contributed by atoms with Crippen LogP contribution in [-0.2, 0) is 19.1 Å². The molecular weight excluding hydrogens is 737 g/mol. The van der Waals surface area contributed by atoms with Crippen LogP contribution in [0.2, 0.25) is 0 Å². The zero-order chi connectivity index (χ0) is 41.5. The van der Waals surface area contributed by atoms with Crippen molar-refractivity contribution in [3.8, 4) is 17.2 Å². The van der Waals surface area contributed by atoms with Gasteiger partial charge in [0.25, 0.3) is 0 Å². The summed E-state index contributed by atoms with van der Waals surface area (Å²) in [7, 11) is 0. The quantitative estimate of drug-likeness (QED) is 0.0656. The van der Waals surface area contributed by atoms with Gasteiger partial charge >= 0.3 is 0 Å². The predicted molar refractivity (Wildman–Crippen MR) is 224 cm³/mol. The number of rotatable bonds is 21. The molecule has 2 saturated carbocycles. The first-order valence-electron chi connectivity index (χ1n) is 21.5. The van der Waals surface area contributed by atoms with Crippen LogP contribution in [0.25, 0.3) is 0 Å². The van der Waals surface area contributed by atoms with E-state index in [1.165, 1.54) is 5.56 Å². The molecule has 0 aromatic heterocycles. The number of carbonyl (C=O) groups excluding carboxylic acids is 1. The molecule has 6 atom stereocenters. The first-order valence-corrected chi connectivity index (χ1v) is 21.5. The van der Waals surface area contributed by atoms with E-state index in [1.807, 2.05) is 43.9 Å². The molecule has 2 aromatic rings. The molecule has 1 amide bonds. The number of aliphatic hydroxyl groups is 3. The highest BCUT2D eigenvalue weighted by atomic mass is 16.7. The van der Waals surface area contributed by atoms with E-state index < -0.39 is 23.3 Å². The molecule has 3 N–H and O–H groups in total. The fourth-order valence-electron chi connectivity index (χ4n) is 9.13. The van der Waals surface area contributed by atoms with Crippen molar-refractivity contribution in [2.75, 3.05) is 46.2 Å². The van der Waals surface area contributed by atoms with Crippen LogP contribution in [0.1, 0.15) is 101 Å². The van der Waals surface area contributed by atoms with E-state index >= 15 is 0 Å². The summed E-state index contributed by atoms with van der Waals surface area (Å²) in [6, 6.07) is 11.5. The summed E-state index contributed by atoms with van der Waals surface area (Å²) in [6.45, 7) is 15.1. The van der Waals surface area contributed by atoms with E-state index in [9.17, 15) is 20.1 Å². The molecule has 11 nitrogen and oxygen atoms in total. The van der Waals surface area contributed by atoms with Crippen molar-refractivity contribution in [2.24, 2.45) is 28.8 Å². The number of fused-ring (bicyclic) bond motifs is 2. The van der Waals surface area contributed by atoms with Gasteiger partial charge in [0.1, 0.15) is 28.9 Å². The molecule has 0 saturated heterocycles. The third-order valence-electron chi connectivity index (χ3n) is 12.1. The minimum Gasteiger partial charge on any atom is -0.459 e. The fraction of sp³-hybridized carbons (Fsp3) is 0.617. The summed E-state index contributed by atoms with van der Waals surface area (Å²) >= 11 is 0. The molecule has 0 radical (unpaired) electrons. The van der Waals surface area contributed by atoms with Crippen LogP contribution in [0, 0.1) is 37.5 Å². The van der Waals surface area contributed by atoms with Crippen LogP contribution in [0.15, 0.2) is 65.9 Å². The highest BCUT2D eigenvalue weighted by molar-refractivity contribution is 6.03. The molecule has 1 heterocycles. The summed E-state index contributed by atoms with van der Waals surface area (Å²) in [6.07, 6.45) is 10.8. The lowest BCUT2D eigenvalue weighted by atomic mass is 9.55. The fourth-order valence-corrected chi connectivity index (χ4v) is 9.13. The summed E-state index contributed by atoms with van der Waals surface area (Å²) in [5.74, 6) is 0.323. The SMILES string of the molecule is C=CCO[C@@]12Oc3ccc(Oc4ccc(C)c(C)c4)cc3[C@H]3[C@H](CCCCO)[C@@H](CCCCO)C=C(C(=NOC(C)(C)C)C[C@@H]1N(CCOCCO)C(=O)C1CC1)[C@H]32. The van der Waals surface area contributed by atoms with Crippen molar-refractivity contribution in [3.05, 3.63) is 77.4 Å². The van der Waals surface area contributed by atoms with E-state index in [0.717, 1.165) is 66.7 Å². The van der Waals surface area contributed by atoms with Crippen LogP contribution < -0.4 is 9.47 Å². The van der Waals surface area contributed by atoms with Crippen LogP contribution in [-0.4, -0.2) is 95.5 Å². The molecule has 0 bridgehead atoms. The Morgan fingerprint density at radius 2 is 1.69 bits per heavy atom. The normalized spacial score (nSPS) is 25.6. The van der Waals surface area contributed by atoms with Gasteiger partial charge in [-0.15, -0.1) is 6.58 Å². The Morgan fingerprint density at radius 1 is 0.966 bits per heavy atom. The van der Waals surface area contributed by atoms with Gasteiger partial charge in [0.15, 0.2) is 0 Å². The van der Waals surface area contributed by atoms with Gasteiger partial charge < -0.3 is 44.0 Å². The molecule has 318 valence electrons. The Balaban J connectivity index is 1.58. The van der Waals surface area contributed by atoms with E-state index in [4.69, 9.17) is 28.9 Å². The summed E-state index contributed by atoms with van der Waals surface area (Å²) in [5.41, 5.74) is 4.51. The number of oxime groups is 1. The molecular formula is C47H66N2O9. The molecule has 1 aliphatic heterocycles. The molecule has 0 spiro atoms. The van der Waals surface area contributed by atoms with Crippen molar-refractivity contribution < 1.29 is 43.9 Å². The molecule has 3 aliphatic carbocycles. The summed E-state index contributed by atoms with van der Waals surface area (Å²) in [4.78, 5) is 22.7. The molecule has 2 fully saturated rings. The van der Waals surface area contributed by atoms with Crippen molar-refractivity contribution >= 4 is 11.6 Å². The van der Waals surface area contributed by atoms with E-state index in [0.29, 0.717) is 30.8 Å². The second-order valence-corrected chi connectivity index (χ2v) is 17.5.